The van der Waals surface area contributed by atoms with Gasteiger partial charge in [0.1, 0.15) is 5.75 Å². The van der Waals surface area contributed by atoms with E-state index in [-0.39, 0.29) is 5.97 Å². The van der Waals surface area contributed by atoms with Crippen LogP contribution in [0.15, 0.2) is 48.5 Å². The fraction of sp³-hybridized carbons (Fsp3) is 0.118. The number of carbonyl (C=O) groups excluding carboxylic acids is 1. The monoisotopic (exact) mass is 268 g/mol. The van der Waals surface area contributed by atoms with Gasteiger partial charge >= 0.3 is 5.97 Å². The summed E-state index contributed by atoms with van der Waals surface area (Å²) < 4.78 is 9.88. The van der Waals surface area contributed by atoms with Gasteiger partial charge in [0, 0.05) is 0 Å². The molecule has 0 amide bonds. The zero-order valence-electron chi connectivity index (χ0n) is 11.5. The van der Waals surface area contributed by atoms with Gasteiger partial charge in [-0.05, 0) is 35.4 Å². The summed E-state index contributed by atoms with van der Waals surface area (Å²) >= 11 is 0. The second-order valence-corrected chi connectivity index (χ2v) is 4.23. The summed E-state index contributed by atoms with van der Waals surface area (Å²) in [6, 6.07) is 15.1. The van der Waals surface area contributed by atoms with Gasteiger partial charge in [-0.2, -0.15) is 0 Å². The first-order valence-corrected chi connectivity index (χ1v) is 6.23. The molecule has 0 spiro atoms. The first-order valence-electron chi connectivity index (χ1n) is 6.23. The molecular formula is C17H16O3. The van der Waals surface area contributed by atoms with Gasteiger partial charge in [-0.3, -0.25) is 0 Å². The summed E-state index contributed by atoms with van der Waals surface area (Å²) in [5.74, 6) is 0.483. The highest BCUT2D eigenvalue weighted by atomic mass is 16.5. The van der Waals surface area contributed by atoms with Crippen LogP contribution in [0.25, 0.3) is 12.2 Å². The number of rotatable bonds is 4. The van der Waals surface area contributed by atoms with Crippen molar-refractivity contribution < 1.29 is 14.3 Å². The number of ether oxygens (including phenoxy) is 2. The first-order chi connectivity index (χ1) is 9.72. The lowest BCUT2D eigenvalue weighted by atomic mass is 10.1. The van der Waals surface area contributed by atoms with Gasteiger partial charge in [0.05, 0.1) is 19.8 Å². The van der Waals surface area contributed by atoms with Crippen molar-refractivity contribution in [3.8, 4) is 5.75 Å². The van der Waals surface area contributed by atoms with Crippen molar-refractivity contribution in [3.05, 3.63) is 65.2 Å². The number of benzene rings is 2. The molecule has 2 rings (SSSR count). The molecule has 0 unspecified atom stereocenters. The maximum atomic E-state index is 11.5. The molecule has 0 radical (unpaired) electrons. The molecule has 0 saturated carbocycles. The Kier molecular flexibility index (Phi) is 4.56. The predicted octanol–water partition coefficient (Wildman–Crippen LogP) is 3.65. The summed E-state index contributed by atoms with van der Waals surface area (Å²) in [6.45, 7) is 0. The Morgan fingerprint density at radius 1 is 0.950 bits per heavy atom. The Labute approximate surface area is 118 Å². The minimum atomic E-state index is -0.332. The van der Waals surface area contributed by atoms with E-state index in [0.717, 1.165) is 16.9 Å². The van der Waals surface area contributed by atoms with E-state index in [1.807, 2.05) is 48.6 Å². The highest BCUT2D eigenvalue weighted by Crippen LogP contribution is 2.16. The minimum absolute atomic E-state index is 0.332. The number of esters is 1. The maximum Gasteiger partial charge on any atom is 0.337 e. The Morgan fingerprint density at radius 3 is 2.25 bits per heavy atom. The molecule has 0 saturated heterocycles. The molecule has 2 aromatic rings. The molecule has 2 aromatic carbocycles. The van der Waals surface area contributed by atoms with Crippen LogP contribution in [-0.2, 0) is 4.74 Å². The van der Waals surface area contributed by atoms with Gasteiger partial charge < -0.3 is 9.47 Å². The van der Waals surface area contributed by atoms with Crippen molar-refractivity contribution in [2.45, 2.75) is 0 Å². The number of hydrogen-bond donors (Lipinski definition) is 0. The van der Waals surface area contributed by atoms with E-state index in [4.69, 9.17) is 9.47 Å². The van der Waals surface area contributed by atoms with Crippen molar-refractivity contribution in [2.24, 2.45) is 0 Å². The summed E-state index contributed by atoms with van der Waals surface area (Å²) in [6.07, 6.45) is 3.92. The molecule has 0 N–H and O–H groups in total. The van der Waals surface area contributed by atoms with E-state index in [2.05, 4.69) is 0 Å². The van der Waals surface area contributed by atoms with Gasteiger partial charge in [-0.15, -0.1) is 0 Å². The largest absolute Gasteiger partial charge is 0.497 e. The molecule has 20 heavy (non-hydrogen) atoms. The maximum absolute atomic E-state index is 11.5. The lowest BCUT2D eigenvalue weighted by Crippen LogP contribution is -2.00. The predicted molar refractivity (Wildman–Crippen MR) is 79.7 cm³/mol. The van der Waals surface area contributed by atoms with E-state index < -0.39 is 0 Å². The van der Waals surface area contributed by atoms with Gasteiger partial charge in [0.2, 0.25) is 0 Å². The van der Waals surface area contributed by atoms with Crippen molar-refractivity contribution in [1.29, 1.82) is 0 Å². The molecule has 3 nitrogen and oxygen atoms in total. The number of carbonyl (C=O) groups is 1. The molecule has 0 aliphatic rings. The SMILES string of the molecule is COC(=O)c1cccc(/C=C/c2cccc(OC)c2)c1. The van der Waals surface area contributed by atoms with Gasteiger partial charge in [0.15, 0.2) is 0 Å². The summed E-state index contributed by atoms with van der Waals surface area (Å²) in [4.78, 5) is 11.5. The third-order valence-corrected chi connectivity index (χ3v) is 2.87. The number of hydrogen-bond acceptors (Lipinski definition) is 3. The lowest BCUT2D eigenvalue weighted by molar-refractivity contribution is 0.0600. The van der Waals surface area contributed by atoms with Crippen LogP contribution in [0.3, 0.4) is 0 Å². The van der Waals surface area contributed by atoms with Gasteiger partial charge in [0.25, 0.3) is 0 Å². The van der Waals surface area contributed by atoms with Crippen LogP contribution in [0.2, 0.25) is 0 Å². The molecule has 0 atom stereocenters. The van der Waals surface area contributed by atoms with E-state index >= 15 is 0 Å². The quantitative estimate of drug-likeness (QED) is 0.627. The molecular weight excluding hydrogens is 252 g/mol. The first kappa shape index (κ1) is 13.9. The van der Waals surface area contributed by atoms with Crippen LogP contribution in [0.5, 0.6) is 5.75 Å². The average molecular weight is 268 g/mol. The molecule has 0 aromatic heterocycles. The fourth-order valence-electron chi connectivity index (χ4n) is 1.82. The summed E-state index contributed by atoms with van der Waals surface area (Å²) in [7, 11) is 3.02. The molecule has 0 fully saturated rings. The molecule has 0 heterocycles. The smallest absolute Gasteiger partial charge is 0.337 e. The van der Waals surface area contributed by atoms with Gasteiger partial charge in [-0.1, -0.05) is 36.4 Å². The Bertz CT molecular complexity index is 630. The zero-order chi connectivity index (χ0) is 14.4. The van der Waals surface area contributed by atoms with Crippen LogP contribution in [0.4, 0.5) is 0 Å². The standard InChI is InChI=1S/C17H16O3/c1-19-16-8-4-6-14(12-16)10-9-13-5-3-7-15(11-13)17(18)20-2/h3-12H,1-2H3/b10-9+. The Balaban J connectivity index is 2.20. The normalized spacial score (nSPS) is 10.5. The van der Waals surface area contributed by atoms with E-state index in [9.17, 15) is 4.79 Å². The summed E-state index contributed by atoms with van der Waals surface area (Å²) in [5, 5.41) is 0. The lowest BCUT2D eigenvalue weighted by Gasteiger charge is -2.01. The fourth-order valence-corrected chi connectivity index (χ4v) is 1.82. The second kappa shape index (κ2) is 6.57. The van der Waals surface area contributed by atoms with Crippen molar-refractivity contribution in [2.75, 3.05) is 14.2 Å². The Hall–Kier alpha value is -2.55. The van der Waals surface area contributed by atoms with Gasteiger partial charge in [-0.25, -0.2) is 4.79 Å². The second-order valence-electron chi connectivity index (χ2n) is 4.23. The van der Waals surface area contributed by atoms with E-state index in [1.165, 1.54) is 7.11 Å². The highest BCUT2D eigenvalue weighted by Gasteiger charge is 2.03. The third kappa shape index (κ3) is 3.48. The number of methoxy groups -OCH3 is 2. The van der Waals surface area contributed by atoms with Crippen molar-refractivity contribution in [3.63, 3.8) is 0 Å². The van der Waals surface area contributed by atoms with Crippen molar-refractivity contribution in [1.82, 2.24) is 0 Å². The topological polar surface area (TPSA) is 35.5 Å². The van der Waals surface area contributed by atoms with Crippen LogP contribution in [0.1, 0.15) is 21.5 Å². The molecule has 0 aliphatic heterocycles. The highest BCUT2D eigenvalue weighted by molar-refractivity contribution is 5.90. The molecule has 3 heteroatoms. The van der Waals surface area contributed by atoms with Crippen molar-refractivity contribution >= 4 is 18.1 Å². The third-order valence-electron chi connectivity index (χ3n) is 2.87. The molecule has 0 bridgehead atoms. The van der Waals surface area contributed by atoms with Crippen LogP contribution in [0, 0.1) is 0 Å². The zero-order valence-corrected chi connectivity index (χ0v) is 11.5. The molecule has 102 valence electrons. The molecule has 0 aliphatic carbocycles. The minimum Gasteiger partial charge on any atom is -0.497 e. The Morgan fingerprint density at radius 2 is 1.60 bits per heavy atom. The van der Waals surface area contributed by atoms with Crippen LogP contribution in [-0.4, -0.2) is 20.2 Å². The summed E-state index contributed by atoms with van der Waals surface area (Å²) in [5.41, 5.74) is 2.52. The van der Waals surface area contributed by atoms with E-state index in [0.29, 0.717) is 5.56 Å². The van der Waals surface area contributed by atoms with Crippen LogP contribution >= 0.6 is 0 Å². The van der Waals surface area contributed by atoms with E-state index in [1.54, 1.807) is 19.2 Å². The van der Waals surface area contributed by atoms with Crippen LogP contribution < -0.4 is 4.74 Å². The average Bonchev–Trinajstić information content (AvgIpc) is 2.52.